The second kappa shape index (κ2) is 7.25. The number of rotatable bonds is 4. The van der Waals surface area contributed by atoms with Gasteiger partial charge < -0.3 is 21.3 Å². The Morgan fingerprint density at radius 1 is 0.760 bits per heavy atom. The van der Waals surface area contributed by atoms with Gasteiger partial charge in [0, 0.05) is 24.5 Å². The van der Waals surface area contributed by atoms with Crippen LogP contribution >= 0.6 is 0 Å². The van der Waals surface area contributed by atoms with Gasteiger partial charge in [0.25, 0.3) is 0 Å². The molecule has 4 rings (SSSR count). The highest BCUT2D eigenvalue weighted by Crippen LogP contribution is 2.18. The highest BCUT2D eigenvalue weighted by atomic mass is 15.2. The predicted octanol–water partition coefficient (Wildman–Crippen LogP) is 2.02. The van der Waals surface area contributed by atoms with Gasteiger partial charge >= 0.3 is 0 Å². The molecule has 2 aromatic rings. The molecule has 0 aliphatic carbocycles. The summed E-state index contributed by atoms with van der Waals surface area (Å²) in [7, 11) is 0. The first-order valence-corrected chi connectivity index (χ1v) is 8.64. The van der Waals surface area contributed by atoms with Crippen molar-refractivity contribution in [2.24, 2.45) is 9.98 Å². The molecule has 128 valence electrons. The van der Waals surface area contributed by atoms with E-state index in [1.807, 2.05) is 0 Å². The topological polar surface area (TPSA) is 72.8 Å². The molecule has 0 bridgehead atoms. The molecular formula is C19H22N6. The van der Waals surface area contributed by atoms with Crippen molar-refractivity contribution in [1.29, 1.82) is 0 Å². The number of benzene rings is 2. The third-order valence-electron chi connectivity index (χ3n) is 4.14. The molecule has 4 N–H and O–H groups in total. The zero-order valence-corrected chi connectivity index (χ0v) is 14.0. The third kappa shape index (κ3) is 4.09. The van der Waals surface area contributed by atoms with Crippen molar-refractivity contribution in [3.63, 3.8) is 0 Å². The van der Waals surface area contributed by atoms with Gasteiger partial charge in [-0.3, -0.25) is 9.98 Å². The van der Waals surface area contributed by atoms with Crippen LogP contribution in [0.25, 0.3) is 0 Å². The van der Waals surface area contributed by atoms with Gasteiger partial charge in [-0.05, 0) is 41.8 Å². The number of nitrogens with zero attached hydrogens (tertiary/aromatic N) is 2. The Hall–Kier alpha value is -3.02. The number of guanidine groups is 2. The lowest BCUT2D eigenvalue weighted by Crippen LogP contribution is -2.26. The van der Waals surface area contributed by atoms with Crippen molar-refractivity contribution in [3.8, 4) is 0 Å². The Bertz CT molecular complexity index is 744. The summed E-state index contributed by atoms with van der Waals surface area (Å²) in [6.45, 7) is 3.48. The first kappa shape index (κ1) is 15.5. The molecule has 2 heterocycles. The summed E-state index contributed by atoms with van der Waals surface area (Å²) < 4.78 is 0. The lowest BCUT2D eigenvalue weighted by Gasteiger charge is -2.10. The largest absolute Gasteiger partial charge is 0.354 e. The number of nitrogens with one attached hydrogen (secondary N) is 4. The Kier molecular flexibility index (Phi) is 4.50. The molecule has 0 aromatic heterocycles. The average molecular weight is 334 g/mol. The van der Waals surface area contributed by atoms with Crippen LogP contribution in [-0.2, 0) is 6.42 Å². The van der Waals surface area contributed by atoms with E-state index in [4.69, 9.17) is 0 Å². The number of aliphatic imine (C=N–C) groups is 2. The molecule has 2 aliphatic rings. The molecule has 25 heavy (non-hydrogen) atoms. The van der Waals surface area contributed by atoms with E-state index in [0.29, 0.717) is 0 Å². The standard InChI is InChI=1S/C19H22N6/c1-3-14(12-16(5-1)24-18-20-7-8-21-18)11-15-4-2-6-17(13-15)25-19-22-9-10-23-19/h1-6,12-13H,7-11H2,(H2,20,21,24)(H2,22,23,25). The summed E-state index contributed by atoms with van der Waals surface area (Å²) in [5.74, 6) is 1.71. The molecule has 6 nitrogen and oxygen atoms in total. The normalized spacial score (nSPS) is 15.8. The van der Waals surface area contributed by atoms with Crippen LogP contribution in [0.2, 0.25) is 0 Å². The minimum atomic E-state index is 0.835. The van der Waals surface area contributed by atoms with Gasteiger partial charge in [-0.15, -0.1) is 0 Å². The van der Waals surface area contributed by atoms with Crippen molar-refractivity contribution in [3.05, 3.63) is 59.7 Å². The Morgan fingerprint density at radius 2 is 1.28 bits per heavy atom. The van der Waals surface area contributed by atoms with Crippen LogP contribution < -0.4 is 21.3 Å². The number of hydrogen-bond acceptors (Lipinski definition) is 6. The second-order valence-electron chi connectivity index (χ2n) is 6.14. The van der Waals surface area contributed by atoms with E-state index >= 15 is 0 Å². The van der Waals surface area contributed by atoms with Crippen LogP contribution in [0.5, 0.6) is 0 Å². The lowest BCUT2D eigenvalue weighted by atomic mass is 10.0. The Balaban J connectivity index is 1.44. The van der Waals surface area contributed by atoms with Crippen LogP contribution in [0.4, 0.5) is 11.4 Å². The predicted molar refractivity (Wildman–Crippen MR) is 104 cm³/mol. The molecule has 0 spiro atoms. The van der Waals surface area contributed by atoms with Crippen LogP contribution in [0, 0.1) is 0 Å². The third-order valence-corrected chi connectivity index (χ3v) is 4.14. The average Bonchev–Trinajstić information content (AvgIpc) is 3.30. The monoisotopic (exact) mass is 334 g/mol. The van der Waals surface area contributed by atoms with Crippen LogP contribution in [0.1, 0.15) is 11.1 Å². The summed E-state index contributed by atoms with van der Waals surface area (Å²) >= 11 is 0. The fourth-order valence-electron chi connectivity index (χ4n) is 2.99. The number of hydrogen-bond donors (Lipinski definition) is 4. The Morgan fingerprint density at radius 3 is 1.72 bits per heavy atom. The SMILES string of the molecule is c1cc(Cc2cccc(NC3=NCCN3)c2)cc(NC2=NCCN2)c1. The molecule has 0 saturated carbocycles. The maximum Gasteiger partial charge on any atom is 0.195 e. The molecule has 0 fully saturated rings. The van der Waals surface area contributed by atoms with E-state index in [2.05, 4.69) is 79.8 Å². The summed E-state index contributed by atoms with van der Waals surface area (Å²) in [6.07, 6.45) is 0.880. The van der Waals surface area contributed by atoms with Gasteiger partial charge in [0.05, 0.1) is 13.1 Å². The highest BCUT2D eigenvalue weighted by molar-refractivity contribution is 5.95. The quantitative estimate of drug-likeness (QED) is 0.690. The molecule has 0 radical (unpaired) electrons. The van der Waals surface area contributed by atoms with Gasteiger partial charge in [-0.2, -0.15) is 0 Å². The van der Waals surface area contributed by atoms with Crippen molar-refractivity contribution >= 4 is 23.3 Å². The van der Waals surface area contributed by atoms with Gasteiger partial charge in [0.2, 0.25) is 0 Å². The molecule has 2 aromatic carbocycles. The molecule has 0 atom stereocenters. The van der Waals surface area contributed by atoms with Crippen molar-refractivity contribution in [1.82, 2.24) is 10.6 Å². The van der Waals surface area contributed by atoms with Crippen LogP contribution in [0.3, 0.4) is 0 Å². The van der Waals surface area contributed by atoms with E-state index in [9.17, 15) is 0 Å². The number of anilines is 2. The fourth-order valence-corrected chi connectivity index (χ4v) is 2.99. The molecule has 6 heteroatoms. The van der Waals surface area contributed by atoms with E-state index in [-0.39, 0.29) is 0 Å². The van der Waals surface area contributed by atoms with E-state index in [1.54, 1.807) is 0 Å². The maximum atomic E-state index is 4.37. The van der Waals surface area contributed by atoms with Crippen LogP contribution in [-0.4, -0.2) is 38.1 Å². The van der Waals surface area contributed by atoms with Crippen molar-refractivity contribution in [2.75, 3.05) is 36.8 Å². The zero-order chi connectivity index (χ0) is 16.9. The zero-order valence-electron chi connectivity index (χ0n) is 14.0. The molecule has 2 aliphatic heterocycles. The summed E-state index contributed by atoms with van der Waals surface area (Å²) in [4.78, 5) is 8.75. The molecule has 0 amide bonds. The van der Waals surface area contributed by atoms with E-state index in [0.717, 1.165) is 55.9 Å². The van der Waals surface area contributed by atoms with E-state index in [1.165, 1.54) is 11.1 Å². The molecular weight excluding hydrogens is 312 g/mol. The van der Waals surface area contributed by atoms with Crippen molar-refractivity contribution in [2.45, 2.75) is 6.42 Å². The first-order chi connectivity index (χ1) is 12.3. The minimum Gasteiger partial charge on any atom is -0.354 e. The van der Waals surface area contributed by atoms with Gasteiger partial charge in [-0.25, -0.2) is 0 Å². The fraction of sp³-hybridized carbons (Fsp3) is 0.263. The highest BCUT2D eigenvalue weighted by Gasteiger charge is 2.07. The van der Waals surface area contributed by atoms with Gasteiger partial charge in [0.15, 0.2) is 11.9 Å². The minimum absolute atomic E-state index is 0.835. The van der Waals surface area contributed by atoms with Crippen LogP contribution in [0.15, 0.2) is 58.5 Å². The van der Waals surface area contributed by atoms with Gasteiger partial charge in [0.1, 0.15) is 0 Å². The summed E-state index contributed by atoms with van der Waals surface area (Å²) in [6, 6.07) is 16.9. The second-order valence-corrected chi connectivity index (χ2v) is 6.14. The molecule has 0 unspecified atom stereocenters. The smallest absolute Gasteiger partial charge is 0.195 e. The lowest BCUT2D eigenvalue weighted by molar-refractivity contribution is 0.959. The van der Waals surface area contributed by atoms with E-state index < -0.39 is 0 Å². The Labute approximate surface area is 147 Å². The summed E-state index contributed by atoms with van der Waals surface area (Å²) in [5.41, 5.74) is 4.64. The summed E-state index contributed by atoms with van der Waals surface area (Å²) in [5, 5.41) is 13.1. The molecule has 0 saturated heterocycles. The maximum absolute atomic E-state index is 4.37. The van der Waals surface area contributed by atoms with Crippen molar-refractivity contribution < 1.29 is 0 Å². The van der Waals surface area contributed by atoms with Gasteiger partial charge in [-0.1, -0.05) is 24.3 Å². The first-order valence-electron chi connectivity index (χ1n) is 8.64.